The summed E-state index contributed by atoms with van der Waals surface area (Å²) in [4.78, 5) is 16.7. The smallest absolute Gasteiger partial charge is 0.239 e. The Balaban J connectivity index is 1.69. The predicted molar refractivity (Wildman–Crippen MR) is 90.3 cm³/mol. The molecule has 3 rings (SSSR count). The Bertz CT molecular complexity index is 818. The van der Waals surface area contributed by atoms with E-state index in [0.29, 0.717) is 5.13 Å². The second kappa shape index (κ2) is 6.41. The summed E-state index contributed by atoms with van der Waals surface area (Å²) in [5.41, 5.74) is 0.930. The van der Waals surface area contributed by atoms with Crippen molar-refractivity contribution >= 4 is 45.0 Å². The third kappa shape index (κ3) is 3.42. The summed E-state index contributed by atoms with van der Waals surface area (Å²) in [5, 5.41) is 13.6. The van der Waals surface area contributed by atoms with E-state index in [0.717, 1.165) is 20.9 Å². The number of aromatic nitrogens is 3. The van der Waals surface area contributed by atoms with Crippen molar-refractivity contribution in [2.45, 2.75) is 24.1 Å². The number of amides is 1. The monoisotopic (exact) mass is 330 g/mol. The van der Waals surface area contributed by atoms with E-state index in [-0.39, 0.29) is 11.2 Å². The number of thioether (sulfide) groups is 1. The Morgan fingerprint density at radius 3 is 2.82 bits per heavy atom. The number of hydrogen-bond donors (Lipinski definition) is 1. The van der Waals surface area contributed by atoms with Crippen LogP contribution in [0.4, 0.5) is 5.13 Å². The van der Waals surface area contributed by atoms with E-state index in [9.17, 15) is 4.79 Å². The molecule has 0 aliphatic rings. The molecule has 1 N–H and O–H groups in total. The summed E-state index contributed by atoms with van der Waals surface area (Å²) in [7, 11) is 0. The SMILES string of the molecule is Cc1nnc(NC(=O)C(C)Sc2ccc3ccccc3n2)s1. The molecule has 1 aromatic carbocycles. The van der Waals surface area contributed by atoms with Crippen LogP contribution < -0.4 is 5.32 Å². The molecule has 0 spiro atoms. The molecule has 112 valence electrons. The first-order valence-electron chi connectivity index (χ1n) is 6.75. The van der Waals surface area contributed by atoms with E-state index >= 15 is 0 Å². The van der Waals surface area contributed by atoms with Crippen LogP contribution >= 0.6 is 23.1 Å². The first kappa shape index (κ1) is 14.9. The Labute approximate surface area is 136 Å². The highest BCUT2D eigenvalue weighted by Gasteiger charge is 2.17. The van der Waals surface area contributed by atoms with Gasteiger partial charge < -0.3 is 0 Å². The number of pyridine rings is 1. The molecule has 3 aromatic rings. The number of rotatable bonds is 4. The van der Waals surface area contributed by atoms with Gasteiger partial charge in [0.25, 0.3) is 0 Å². The van der Waals surface area contributed by atoms with E-state index in [2.05, 4.69) is 20.5 Å². The number of fused-ring (bicyclic) bond motifs is 1. The highest BCUT2D eigenvalue weighted by Crippen LogP contribution is 2.25. The average Bonchev–Trinajstić information content (AvgIpc) is 2.92. The van der Waals surface area contributed by atoms with Crippen molar-refractivity contribution in [1.82, 2.24) is 15.2 Å². The Hall–Kier alpha value is -1.99. The minimum atomic E-state index is -0.266. The first-order valence-corrected chi connectivity index (χ1v) is 8.45. The minimum Gasteiger partial charge on any atom is -0.300 e. The molecule has 22 heavy (non-hydrogen) atoms. The molecular weight excluding hydrogens is 316 g/mol. The maximum Gasteiger partial charge on any atom is 0.239 e. The van der Waals surface area contributed by atoms with Crippen molar-refractivity contribution in [3.63, 3.8) is 0 Å². The zero-order valence-corrected chi connectivity index (χ0v) is 13.7. The van der Waals surface area contributed by atoms with Gasteiger partial charge in [0.1, 0.15) is 5.01 Å². The molecular formula is C15H14N4OS2. The predicted octanol–water partition coefficient (Wildman–Crippen LogP) is 3.51. The van der Waals surface area contributed by atoms with Crippen molar-refractivity contribution < 1.29 is 4.79 Å². The second-order valence-electron chi connectivity index (χ2n) is 4.72. The summed E-state index contributed by atoms with van der Waals surface area (Å²) in [6, 6.07) is 11.9. The lowest BCUT2D eigenvalue weighted by molar-refractivity contribution is -0.115. The summed E-state index contributed by atoms with van der Waals surface area (Å²) >= 11 is 2.79. The number of aryl methyl sites for hydroxylation is 1. The van der Waals surface area contributed by atoms with Gasteiger partial charge in [0.2, 0.25) is 11.0 Å². The van der Waals surface area contributed by atoms with Crippen LogP contribution in [0.2, 0.25) is 0 Å². The van der Waals surface area contributed by atoms with Crippen LogP contribution in [0.5, 0.6) is 0 Å². The number of nitrogens with one attached hydrogen (secondary N) is 1. The zero-order valence-electron chi connectivity index (χ0n) is 12.1. The van der Waals surface area contributed by atoms with Gasteiger partial charge in [-0.2, -0.15) is 0 Å². The molecule has 7 heteroatoms. The molecule has 0 saturated heterocycles. The summed E-state index contributed by atoms with van der Waals surface area (Å²) in [6.07, 6.45) is 0. The first-order chi connectivity index (χ1) is 10.6. The molecule has 1 atom stereocenters. The molecule has 0 aliphatic carbocycles. The molecule has 0 fully saturated rings. The fourth-order valence-corrected chi connectivity index (χ4v) is 3.32. The number of carbonyl (C=O) groups excluding carboxylic acids is 1. The van der Waals surface area contributed by atoms with Crippen LogP contribution in [-0.4, -0.2) is 26.3 Å². The fourth-order valence-electron chi connectivity index (χ4n) is 1.90. The Morgan fingerprint density at radius 2 is 2.05 bits per heavy atom. The lowest BCUT2D eigenvalue weighted by atomic mass is 10.2. The standard InChI is InChI=1S/C15H14N4OS2/c1-9(14(20)17-15-19-18-10(2)22-15)21-13-8-7-11-5-3-4-6-12(11)16-13/h3-9H,1-2H3,(H,17,19,20). The number of anilines is 1. The lowest BCUT2D eigenvalue weighted by Gasteiger charge is -2.10. The van der Waals surface area contributed by atoms with Crippen LogP contribution in [0.25, 0.3) is 10.9 Å². The average molecular weight is 330 g/mol. The third-order valence-corrected chi connectivity index (χ3v) is 4.79. The topological polar surface area (TPSA) is 67.8 Å². The van der Waals surface area contributed by atoms with Gasteiger partial charge in [-0.1, -0.05) is 47.4 Å². The fraction of sp³-hybridized carbons (Fsp3) is 0.200. The van der Waals surface area contributed by atoms with Gasteiger partial charge in [-0.15, -0.1) is 10.2 Å². The molecule has 0 aliphatic heterocycles. The van der Waals surface area contributed by atoms with Crippen LogP contribution in [-0.2, 0) is 4.79 Å². The number of para-hydroxylation sites is 1. The third-order valence-electron chi connectivity index (χ3n) is 3.00. The number of hydrogen-bond acceptors (Lipinski definition) is 6. The van der Waals surface area contributed by atoms with Crippen molar-refractivity contribution in [2.75, 3.05) is 5.32 Å². The molecule has 2 aromatic heterocycles. The molecule has 0 saturated carbocycles. The van der Waals surface area contributed by atoms with Crippen molar-refractivity contribution in [1.29, 1.82) is 0 Å². The van der Waals surface area contributed by atoms with Gasteiger partial charge in [-0.05, 0) is 26.0 Å². The van der Waals surface area contributed by atoms with E-state index in [1.54, 1.807) is 0 Å². The van der Waals surface area contributed by atoms with Crippen molar-refractivity contribution in [2.24, 2.45) is 0 Å². The van der Waals surface area contributed by atoms with E-state index in [1.807, 2.05) is 50.2 Å². The molecule has 1 amide bonds. The molecule has 0 radical (unpaired) electrons. The van der Waals surface area contributed by atoms with E-state index in [1.165, 1.54) is 23.1 Å². The minimum absolute atomic E-state index is 0.101. The molecule has 2 heterocycles. The summed E-state index contributed by atoms with van der Waals surface area (Å²) < 4.78 is 0. The van der Waals surface area contributed by atoms with E-state index in [4.69, 9.17) is 0 Å². The van der Waals surface area contributed by atoms with Gasteiger partial charge in [0, 0.05) is 5.39 Å². The van der Waals surface area contributed by atoms with E-state index < -0.39 is 0 Å². The van der Waals surface area contributed by atoms with Crippen LogP contribution in [0, 0.1) is 6.92 Å². The maximum atomic E-state index is 12.2. The number of benzene rings is 1. The number of carbonyl (C=O) groups is 1. The highest BCUT2D eigenvalue weighted by molar-refractivity contribution is 8.00. The molecule has 0 bridgehead atoms. The summed E-state index contributed by atoms with van der Waals surface area (Å²) in [5.74, 6) is -0.101. The quantitative estimate of drug-likeness (QED) is 0.741. The Morgan fingerprint density at radius 1 is 1.23 bits per heavy atom. The highest BCUT2D eigenvalue weighted by atomic mass is 32.2. The van der Waals surface area contributed by atoms with Gasteiger partial charge >= 0.3 is 0 Å². The van der Waals surface area contributed by atoms with Crippen LogP contribution in [0.3, 0.4) is 0 Å². The van der Waals surface area contributed by atoms with Crippen LogP contribution in [0.1, 0.15) is 11.9 Å². The zero-order chi connectivity index (χ0) is 15.5. The summed E-state index contributed by atoms with van der Waals surface area (Å²) in [6.45, 7) is 3.70. The normalized spacial score (nSPS) is 12.3. The maximum absolute atomic E-state index is 12.2. The molecule has 5 nitrogen and oxygen atoms in total. The van der Waals surface area contributed by atoms with Crippen molar-refractivity contribution in [3.8, 4) is 0 Å². The Kier molecular flexibility index (Phi) is 4.35. The van der Waals surface area contributed by atoms with Gasteiger partial charge in [0.05, 0.1) is 15.8 Å². The van der Waals surface area contributed by atoms with Gasteiger partial charge in [-0.25, -0.2) is 4.98 Å². The number of nitrogens with zero attached hydrogens (tertiary/aromatic N) is 3. The lowest BCUT2D eigenvalue weighted by Crippen LogP contribution is -2.22. The van der Waals surface area contributed by atoms with Gasteiger partial charge in [0.15, 0.2) is 0 Å². The van der Waals surface area contributed by atoms with Crippen molar-refractivity contribution in [3.05, 3.63) is 41.4 Å². The van der Waals surface area contributed by atoms with Gasteiger partial charge in [-0.3, -0.25) is 10.1 Å². The molecule has 1 unspecified atom stereocenters. The van der Waals surface area contributed by atoms with Crippen LogP contribution in [0.15, 0.2) is 41.4 Å². The second-order valence-corrected chi connectivity index (χ2v) is 7.26. The largest absolute Gasteiger partial charge is 0.300 e.